The van der Waals surface area contributed by atoms with Crippen LogP contribution in [0.15, 0.2) is 6.58 Å². The lowest BCUT2D eigenvalue weighted by Crippen LogP contribution is -2.26. The van der Waals surface area contributed by atoms with E-state index < -0.39 is 5.97 Å². The van der Waals surface area contributed by atoms with E-state index in [0.717, 1.165) is 12.7 Å². The van der Waals surface area contributed by atoms with E-state index in [1.54, 1.807) is 6.08 Å². The SMILES string of the molecule is C=Cc1c(I)c(I)c(C(=O)[O-])c(I)c1I. The summed E-state index contributed by atoms with van der Waals surface area (Å²) in [5.41, 5.74) is 1.26. The van der Waals surface area contributed by atoms with Gasteiger partial charge < -0.3 is 9.90 Å². The Kier molecular flexibility index (Phi) is 5.57. The molecule has 1 aromatic rings. The molecule has 0 atom stereocenters. The molecule has 0 aliphatic rings. The number of rotatable bonds is 2. The number of hydrogen-bond donors (Lipinski definition) is 0. The van der Waals surface area contributed by atoms with Crippen molar-refractivity contribution in [2.24, 2.45) is 0 Å². The van der Waals surface area contributed by atoms with E-state index in [0.29, 0.717) is 7.14 Å². The molecule has 0 spiro atoms. The summed E-state index contributed by atoms with van der Waals surface area (Å²) in [6.07, 6.45) is 1.74. The minimum absolute atomic E-state index is 0.274. The zero-order chi connectivity index (χ0) is 11.7. The van der Waals surface area contributed by atoms with Gasteiger partial charge >= 0.3 is 0 Å². The maximum atomic E-state index is 11.0. The maximum Gasteiger partial charge on any atom is 0.0737 e. The van der Waals surface area contributed by atoms with Crippen molar-refractivity contribution in [3.63, 3.8) is 0 Å². The van der Waals surface area contributed by atoms with Crippen LogP contribution in [0.1, 0.15) is 15.9 Å². The van der Waals surface area contributed by atoms with Crippen LogP contribution in [0.5, 0.6) is 0 Å². The molecule has 0 aliphatic heterocycles. The molecule has 6 heteroatoms. The predicted octanol–water partition coefficient (Wildman–Crippen LogP) is 3.11. The Bertz CT molecular complexity index is 425. The van der Waals surface area contributed by atoms with Gasteiger partial charge in [0.15, 0.2) is 0 Å². The number of carboxylic acid groups (broad SMARTS) is 1. The van der Waals surface area contributed by atoms with Crippen molar-refractivity contribution in [1.82, 2.24) is 0 Å². The Morgan fingerprint density at radius 1 is 1.07 bits per heavy atom. The third-order valence-electron chi connectivity index (χ3n) is 1.71. The number of halogens is 4. The molecule has 0 aromatic heterocycles. The number of carboxylic acids is 1. The molecule has 0 fully saturated rings. The zero-order valence-corrected chi connectivity index (χ0v) is 15.7. The van der Waals surface area contributed by atoms with Crippen molar-refractivity contribution >= 4 is 102 Å². The lowest BCUT2D eigenvalue weighted by Gasteiger charge is -2.15. The number of carbonyl (C=O) groups excluding carboxylic acids is 1. The molecule has 0 radical (unpaired) electrons. The summed E-state index contributed by atoms with van der Waals surface area (Å²) in [4.78, 5) is 11.0. The lowest BCUT2D eigenvalue weighted by molar-refractivity contribution is -0.255. The van der Waals surface area contributed by atoms with E-state index in [9.17, 15) is 9.90 Å². The van der Waals surface area contributed by atoms with E-state index in [-0.39, 0.29) is 5.56 Å². The highest BCUT2D eigenvalue weighted by Crippen LogP contribution is 2.33. The molecule has 0 unspecified atom stereocenters. The Morgan fingerprint density at radius 2 is 1.47 bits per heavy atom. The smallest absolute Gasteiger partial charge is 0.0737 e. The van der Waals surface area contributed by atoms with Crippen LogP contribution in [0.25, 0.3) is 6.08 Å². The second kappa shape index (κ2) is 5.80. The molecule has 15 heavy (non-hydrogen) atoms. The fraction of sp³-hybridized carbons (Fsp3) is 0. The standard InChI is InChI=1S/C9H4I4O2/c1-2-3-5(10)7(12)4(9(14)15)8(13)6(3)11/h2H,1H2,(H,14,15)/p-1. The summed E-state index contributed by atoms with van der Waals surface area (Å²) in [5.74, 6) is -1.13. The Balaban J connectivity index is 3.74. The summed E-state index contributed by atoms with van der Waals surface area (Å²) >= 11 is 8.31. The van der Waals surface area contributed by atoms with Gasteiger partial charge in [0.05, 0.1) is 5.97 Å². The van der Waals surface area contributed by atoms with Crippen LogP contribution in [-0.2, 0) is 0 Å². The minimum atomic E-state index is -1.13. The van der Waals surface area contributed by atoms with Crippen molar-refractivity contribution in [3.8, 4) is 0 Å². The third kappa shape index (κ3) is 2.78. The maximum absolute atomic E-state index is 11.0. The van der Waals surface area contributed by atoms with E-state index in [1.165, 1.54) is 0 Å². The van der Waals surface area contributed by atoms with Gasteiger partial charge in [-0.3, -0.25) is 0 Å². The van der Waals surface area contributed by atoms with E-state index >= 15 is 0 Å². The number of hydrogen-bond acceptors (Lipinski definition) is 2. The van der Waals surface area contributed by atoms with E-state index in [2.05, 4.69) is 51.8 Å². The monoisotopic (exact) mass is 651 g/mol. The minimum Gasteiger partial charge on any atom is -0.545 e. The highest BCUT2D eigenvalue weighted by atomic mass is 127. The normalized spacial score (nSPS) is 10.1. The first-order chi connectivity index (χ1) is 6.91. The average molecular weight is 651 g/mol. The van der Waals surface area contributed by atoms with Gasteiger partial charge in [0.25, 0.3) is 0 Å². The van der Waals surface area contributed by atoms with E-state index in [4.69, 9.17) is 0 Å². The summed E-state index contributed by atoms with van der Waals surface area (Å²) in [7, 11) is 0. The van der Waals surface area contributed by atoms with Gasteiger partial charge in [0.1, 0.15) is 0 Å². The van der Waals surface area contributed by atoms with Crippen LogP contribution < -0.4 is 5.11 Å². The molecule has 0 saturated heterocycles. The molecule has 0 saturated carbocycles. The highest BCUT2D eigenvalue weighted by Gasteiger charge is 2.17. The molecule has 0 amide bonds. The van der Waals surface area contributed by atoms with Crippen LogP contribution in [0.3, 0.4) is 0 Å². The first kappa shape index (κ1) is 14.4. The van der Waals surface area contributed by atoms with Crippen LogP contribution in [0, 0.1) is 14.3 Å². The lowest BCUT2D eigenvalue weighted by atomic mass is 10.1. The number of benzene rings is 1. The molecule has 0 aliphatic carbocycles. The molecule has 0 bridgehead atoms. The Morgan fingerprint density at radius 3 is 1.73 bits per heavy atom. The van der Waals surface area contributed by atoms with Crippen molar-refractivity contribution < 1.29 is 9.90 Å². The van der Waals surface area contributed by atoms with Crippen molar-refractivity contribution in [3.05, 3.63) is 32.0 Å². The van der Waals surface area contributed by atoms with Crippen LogP contribution >= 0.6 is 90.4 Å². The molecule has 0 heterocycles. The second-order valence-electron chi connectivity index (χ2n) is 2.54. The third-order valence-corrected chi connectivity index (χ3v) is 8.17. The Hall–Kier alpha value is 1.35. The van der Waals surface area contributed by atoms with Crippen molar-refractivity contribution in [2.45, 2.75) is 0 Å². The largest absolute Gasteiger partial charge is 0.545 e. The molecule has 0 N–H and O–H groups in total. The van der Waals surface area contributed by atoms with Gasteiger partial charge in [0, 0.05) is 25.4 Å². The zero-order valence-electron chi connectivity index (χ0n) is 7.11. The summed E-state index contributed by atoms with van der Waals surface area (Å²) < 4.78 is 3.25. The van der Waals surface area contributed by atoms with Gasteiger partial charge in [0.2, 0.25) is 0 Å². The van der Waals surface area contributed by atoms with Crippen LogP contribution in [0.2, 0.25) is 0 Å². The first-order valence-electron chi connectivity index (χ1n) is 3.61. The highest BCUT2D eigenvalue weighted by molar-refractivity contribution is 14.1. The van der Waals surface area contributed by atoms with Crippen molar-refractivity contribution in [2.75, 3.05) is 0 Å². The molecular formula is C9H3I4O2-. The number of carbonyl (C=O) groups is 1. The fourth-order valence-corrected chi connectivity index (χ4v) is 5.12. The van der Waals surface area contributed by atoms with Crippen LogP contribution in [-0.4, -0.2) is 5.97 Å². The molecule has 1 aromatic carbocycles. The summed E-state index contributed by atoms with van der Waals surface area (Å²) in [6.45, 7) is 3.73. The van der Waals surface area contributed by atoms with Gasteiger partial charge in [-0.2, -0.15) is 0 Å². The quantitative estimate of drug-likeness (QED) is 0.365. The van der Waals surface area contributed by atoms with Gasteiger partial charge in [-0.1, -0.05) is 12.7 Å². The average Bonchev–Trinajstić information content (AvgIpc) is 2.16. The van der Waals surface area contributed by atoms with Crippen LogP contribution in [0.4, 0.5) is 0 Å². The van der Waals surface area contributed by atoms with Crippen molar-refractivity contribution in [1.29, 1.82) is 0 Å². The first-order valence-corrected chi connectivity index (χ1v) is 7.93. The van der Waals surface area contributed by atoms with E-state index in [1.807, 2.05) is 45.2 Å². The molecular weight excluding hydrogens is 648 g/mol. The molecule has 2 nitrogen and oxygen atoms in total. The van der Waals surface area contributed by atoms with Gasteiger partial charge in [-0.25, -0.2) is 0 Å². The predicted molar refractivity (Wildman–Crippen MR) is 91.7 cm³/mol. The summed E-state index contributed by atoms with van der Waals surface area (Å²) in [6, 6.07) is 0. The summed E-state index contributed by atoms with van der Waals surface area (Å²) in [5, 5.41) is 11.0. The molecule has 80 valence electrons. The molecule has 1 rings (SSSR count). The topological polar surface area (TPSA) is 40.1 Å². The Labute approximate surface area is 142 Å². The van der Waals surface area contributed by atoms with Gasteiger partial charge in [-0.15, -0.1) is 0 Å². The second-order valence-corrected chi connectivity index (χ2v) is 6.85. The van der Waals surface area contributed by atoms with Gasteiger partial charge in [-0.05, 0) is 90.4 Å². The fourth-order valence-electron chi connectivity index (χ4n) is 1.01. The number of aromatic carboxylic acids is 1.